The van der Waals surface area contributed by atoms with E-state index in [1.165, 1.54) is 70.6 Å². The van der Waals surface area contributed by atoms with E-state index in [1.54, 1.807) is 0 Å². The fourth-order valence-corrected chi connectivity index (χ4v) is 3.43. The van der Waals surface area contributed by atoms with Crippen molar-refractivity contribution in [3.05, 3.63) is 12.2 Å². The van der Waals surface area contributed by atoms with Crippen LogP contribution in [0.4, 0.5) is 0 Å². The fourth-order valence-electron chi connectivity index (χ4n) is 3.43. The van der Waals surface area contributed by atoms with Crippen LogP contribution in [0.3, 0.4) is 0 Å². The van der Waals surface area contributed by atoms with E-state index in [0.29, 0.717) is 6.42 Å². The van der Waals surface area contributed by atoms with Crippen LogP contribution in [-0.4, -0.2) is 22.3 Å². The van der Waals surface area contributed by atoms with E-state index in [1.807, 2.05) is 0 Å². The molecule has 3 nitrogen and oxygen atoms in total. The average molecular weight is 383 g/mol. The van der Waals surface area contributed by atoms with E-state index in [9.17, 15) is 9.90 Å². The predicted molar refractivity (Wildman–Crippen MR) is 116 cm³/mol. The van der Waals surface area contributed by atoms with Crippen molar-refractivity contribution >= 4 is 5.97 Å². The summed E-state index contributed by atoms with van der Waals surface area (Å²) < 4.78 is 0. The van der Waals surface area contributed by atoms with Crippen LogP contribution in [0.25, 0.3) is 0 Å². The zero-order valence-electron chi connectivity index (χ0n) is 18.0. The van der Waals surface area contributed by atoms with Gasteiger partial charge >= 0.3 is 5.97 Å². The van der Waals surface area contributed by atoms with Gasteiger partial charge in [-0.05, 0) is 32.1 Å². The summed E-state index contributed by atoms with van der Waals surface area (Å²) in [6.07, 6.45) is 25.9. The van der Waals surface area contributed by atoms with Gasteiger partial charge in [0.05, 0.1) is 6.10 Å². The van der Waals surface area contributed by atoms with Gasteiger partial charge in [0.1, 0.15) is 0 Å². The molecule has 0 aromatic rings. The summed E-state index contributed by atoms with van der Waals surface area (Å²) in [5.41, 5.74) is 0. The van der Waals surface area contributed by atoms with Crippen LogP contribution in [0.5, 0.6) is 0 Å². The number of hydrogen-bond donors (Lipinski definition) is 2. The molecule has 3 heteroatoms. The number of rotatable bonds is 21. The summed E-state index contributed by atoms with van der Waals surface area (Å²) >= 11 is 0. The molecule has 0 bridgehead atoms. The van der Waals surface area contributed by atoms with E-state index >= 15 is 0 Å². The van der Waals surface area contributed by atoms with Gasteiger partial charge in [0.25, 0.3) is 0 Å². The minimum atomic E-state index is -0.675. The predicted octanol–water partition coefficient (Wildman–Crippen LogP) is 7.42. The maximum absolute atomic E-state index is 10.4. The third-order valence-corrected chi connectivity index (χ3v) is 5.23. The number of allylic oxidation sites excluding steroid dienone is 1. The van der Waals surface area contributed by atoms with E-state index in [-0.39, 0.29) is 6.10 Å². The van der Waals surface area contributed by atoms with Crippen molar-refractivity contribution < 1.29 is 15.0 Å². The molecule has 0 aliphatic heterocycles. The molecule has 0 amide bonds. The number of aliphatic hydroxyl groups excluding tert-OH is 1. The Balaban J connectivity index is 3.24. The lowest BCUT2D eigenvalue weighted by molar-refractivity contribution is -0.137. The van der Waals surface area contributed by atoms with Gasteiger partial charge in [0.15, 0.2) is 0 Å². The minimum absolute atomic E-state index is 0.167. The molecular formula is C24H46O3. The number of hydrogen-bond acceptors (Lipinski definition) is 2. The summed E-state index contributed by atoms with van der Waals surface area (Å²) in [6, 6.07) is 0. The Labute approximate surface area is 168 Å². The normalized spacial score (nSPS) is 12.7. The Bertz CT molecular complexity index is 339. The first-order valence-corrected chi connectivity index (χ1v) is 11.7. The van der Waals surface area contributed by atoms with Gasteiger partial charge in [-0.1, -0.05) is 103 Å². The summed E-state index contributed by atoms with van der Waals surface area (Å²) in [7, 11) is 0. The first kappa shape index (κ1) is 26.2. The first-order valence-electron chi connectivity index (χ1n) is 11.7. The Kier molecular flexibility index (Phi) is 20.8. The average Bonchev–Trinajstić information content (AvgIpc) is 2.64. The molecule has 0 saturated heterocycles. The van der Waals surface area contributed by atoms with Crippen molar-refractivity contribution in [1.82, 2.24) is 0 Å². The molecule has 0 aromatic heterocycles. The lowest BCUT2D eigenvalue weighted by Gasteiger charge is -2.07. The lowest BCUT2D eigenvalue weighted by Crippen LogP contribution is -2.04. The molecule has 0 spiro atoms. The number of carboxylic acid groups (broad SMARTS) is 1. The maximum Gasteiger partial charge on any atom is 0.303 e. The number of carbonyl (C=O) groups is 1. The highest BCUT2D eigenvalue weighted by Gasteiger charge is 2.01. The molecule has 1 atom stereocenters. The minimum Gasteiger partial charge on any atom is -0.481 e. The molecule has 0 heterocycles. The molecule has 0 rings (SSSR count). The van der Waals surface area contributed by atoms with Crippen molar-refractivity contribution in [3.63, 3.8) is 0 Å². The van der Waals surface area contributed by atoms with Crippen molar-refractivity contribution in [3.8, 4) is 0 Å². The molecule has 1 unspecified atom stereocenters. The highest BCUT2D eigenvalue weighted by Crippen LogP contribution is 2.13. The lowest BCUT2D eigenvalue weighted by atomic mass is 10.0. The van der Waals surface area contributed by atoms with E-state index in [0.717, 1.165) is 44.9 Å². The van der Waals surface area contributed by atoms with Crippen LogP contribution < -0.4 is 0 Å². The molecule has 0 aliphatic rings. The van der Waals surface area contributed by atoms with Gasteiger partial charge in [0, 0.05) is 6.42 Å². The third-order valence-electron chi connectivity index (χ3n) is 5.23. The second-order valence-corrected chi connectivity index (χ2v) is 8.03. The van der Waals surface area contributed by atoms with E-state index in [4.69, 9.17) is 5.11 Å². The highest BCUT2D eigenvalue weighted by atomic mass is 16.4. The number of carboxylic acids is 1. The van der Waals surface area contributed by atoms with Crippen LogP contribution in [0.1, 0.15) is 129 Å². The van der Waals surface area contributed by atoms with E-state index in [2.05, 4.69) is 19.1 Å². The van der Waals surface area contributed by atoms with Crippen molar-refractivity contribution in [1.29, 1.82) is 0 Å². The Hall–Kier alpha value is -0.830. The van der Waals surface area contributed by atoms with Crippen LogP contribution in [0.2, 0.25) is 0 Å². The van der Waals surface area contributed by atoms with Gasteiger partial charge in [0.2, 0.25) is 0 Å². The zero-order chi connectivity index (χ0) is 20.0. The topological polar surface area (TPSA) is 57.5 Å². The SMILES string of the molecule is CCCCCCCCC=CCC(O)CCCCCCCCCCCC(=O)O. The second kappa shape index (κ2) is 21.5. The summed E-state index contributed by atoms with van der Waals surface area (Å²) in [4.78, 5) is 10.4. The van der Waals surface area contributed by atoms with Crippen molar-refractivity contribution in [2.24, 2.45) is 0 Å². The van der Waals surface area contributed by atoms with Crippen LogP contribution >= 0.6 is 0 Å². The summed E-state index contributed by atoms with van der Waals surface area (Å²) in [6.45, 7) is 2.25. The first-order chi connectivity index (χ1) is 13.2. The molecule has 0 aliphatic carbocycles. The molecule has 0 saturated carbocycles. The Morgan fingerprint density at radius 1 is 0.741 bits per heavy atom. The molecular weight excluding hydrogens is 336 g/mol. The molecule has 0 radical (unpaired) electrons. The van der Waals surface area contributed by atoms with Crippen molar-refractivity contribution in [2.75, 3.05) is 0 Å². The maximum atomic E-state index is 10.4. The van der Waals surface area contributed by atoms with Crippen molar-refractivity contribution in [2.45, 2.75) is 135 Å². The van der Waals surface area contributed by atoms with Crippen LogP contribution in [-0.2, 0) is 4.79 Å². The molecule has 0 fully saturated rings. The summed E-state index contributed by atoms with van der Waals surface area (Å²) in [5.74, 6) is -0.675. The summed E-state index contributed by atoms with van der Waals surface area (Å²) in [5, 5.41) is 18.6. The van der Waals surface area contributed by atoms with Crippen LogP contribution in [0.15, 0.2) is 12.2 Å². The molecule has 0 aromatic carbocycles. The molecule has 27 heavy (non-hydrogen) atoms. The molecule has 2 N–H and O–H groups in total. The third kappa shape index (κ3) is 23.1. The van der Waals surface area contributed by atoms with Gasteiger partial charge in [-0.15, -0.1) is 0 Å². The monoisotopic (exact) mass is 382 g/mol. The van der Waals surface area contributed by atoms with Gasteiger partial charge < -0.3 is 10.2 Å². The standard InChI is InChI=1S/C24H46O3/c1-2-3-4-5-6-8-11-14-17-20-23(25)21-18-15-12-9-7-10-13-16-19-22-24(26)27/h14,17,23,25H,2-13,15-16,18-22H2,1H3,(H,26,27). The number of aliphatic hydroxyl groups is 1. The quantitative estimate of drug-likeness (QED) is 0.160. The molecule has 160 valence electrons. The highest BCUT2D eigenvalue weighted by molar-refractivity contribution is 5.66. The Morgan fingerprint density at radius 3 is 1.85 bits per heavy atom. The second-order valence-electron chi connectivity index (χ2n) is 8.03. The van der Waals surface area contributed by atoms with E-state index < -0.39 is 5.97 Å². The van der Waals surface area contributed by atoms with Gasteiger partial charge in [-0.2, -0.15) is 0 Å². The fraction of sp³-hybridized carbons (Fsp3) is 0.875. The largest absolute Gasteiger partial charge is 0.481 e. The van der Waals surface area contributed by atoms with Crippen LogP contribution in [0, 0.1) is 0 Å². The Morgan fingerprint density at radius 2 is 1.26 bits per heavy atom. The van der Waals surface area contributed by atoms with Gasteiger partial charge in [-0.25, -0.2) is 0 Å². The van der Waals surface area contributed by atoms with Gasteiger partial charge in [-0.3, -0.25) is 4.79 Å². The zero-order valence-corrected chi connectivity index (χ0v) is 18.0. The smallest absolute Gasteiger partial charge is 0.303 e. The number of unbranched alkanes of at least 4 members (excludes halogenated alkanes) is 14. The number of aliphatic carboxylic acids is 1.